The maximum absolute atomic E-state index is 12.4. The molecule has 0 atom stereocenters. The molecule has 8 nitrogen and oxygen atoms in total. The fraction of sp³-hybridized carbons (Fsp3) is 0.111. The second-order valence-corrected chi connectivity index (χ2v) is 6.63. The molecule has 3 aromatic heterocycles. The number of thiazole rings is 1. The molecular formula is C18H15N7OS. The molecule has 9 heteroatoms. The van der Waals surface area contributed by atoms with E-state index in [1.165, 1.54) is 11.3 Å². The van der Waals surface area contributed by atoms with Crippen molar-refractivity contribution in [1.29, 1.82) is 0 Å². The number of nitrogens with one attached hydrogen (secondary N) is 1. The summed E-state index contributed by atoms with van der Waals surface area (Å²) in [4.78, 5) is 21.2. The van der Waals surface area contributed by atoms with Crippen LogP contribution in [-0.2, 0) is 11.2 Å². The highest BCUT2D eigenvalue weighted by Gasteiger charge is 2.11. The molecule has 4 rings (SSSR count). The first-order valence-electron chi connectivity index (χ1n) is 8.20. The molecular weight excluding hydrogens is 362 g/mol. The number of aryl methyl sites for hydroxylation is 1. The molecule has 3 heterocycles. The number of carbonyl (C=O) groups is 1. The summed E-state index contributed by atoms with van der Waals surface area (Å²) in [6.07, 6.45) is 1.92. The highest BCUT2D eigenvalue weighted by Crippen LogP contribution is 2.22. The number of carbonyl (C=O) groups excluding carboxylic acids is 1. The van der Waals surface area contributed by atoms with Gasteiger partial charge in [0.1, 0.15) is 5.01 Å². The Morgan fingerprint density at radius 3 is 2.93 bits per heavy atom. The van der Waals surface area contributed by atoms with Crippen molar-refractivity contribution in [2.24, 2.45) is 0 Å². The summed E-state index contributed by atoms with van der Waals surface area (Å²) in [5.74, 6) is 0.529. The van der Waals surface area contributed by atoms with E-state index in [0.717, 1.165) is 16.4 Å². The zero-order valence-electron chi connectivity index (χ0n) is 14.4. The van der Waals surface area contributed by atoms with E-state index < -0.39 is 0 Å². The summed E-state index contributed by atoms with van der Waals surface area (Å²) in [5.41, 5.74) is 2.97. The van der Waals surface area contributed by atoms with Gasteiger partial charge in [0.2, 0.25) is 5.91 Å². The number of hydrogen-bond acceptors (Lipinski definition) is 7. The molecule has 4 aromatic rings. The van der Waals surface area contributed by atoms with Gasteiger partial charge in [0.25, 0.3) is 0 Å². The summed E-state index contributed by atoms with van der Waals surface area (Å²) in [6, 6.07) is 13.0. The van der Waals surface area contributed by atoms with Crippen LogP contribution in [0.3, 0.4) is 0 Å². The first-order chi connectivity index (χ1) is 13.2. The van der Waals surface area contributed by atoms with E-state index in [9.17, 15) is 4.79 Å². The van der Waals surface area contributed by atoms with Crippen molar-refractivity contribution in [3.63, 3.8) is 0 Å². The zero-order chi connectivity index (χ0) is 18.6. The SMILES string of the molecule is Cc1nnnn1-c1cccc(NC(=O)Cc2csc(-c3ccccn3)n2)c1. The van der Waals surface area contributed by atoms with Crippen molar-refractivity contribution in [3.05, 3.63) is 65.6 Å². The minimum Gasteiger partial charge on any atom is -0.326 e. The average molecular weight is 377 g/mol. The van der Waals surface area contributed by atoms with Crippen molar-refractivity contribution in [2.75, 3.05) is 5.32 Å². The Hall–Kier alpha value is -3.46. The molecule has 0 bridgehead atoms. The van der Waals surface area contributed by atoms with Gasteiger partial charge in [0.05, 0.1) is 23.5 Å². The van der Waals surface area contributed by atoms with E-state index in [-0.39, 0.29) is 12.3 Å². The maximum atomic E-state index is 12.4. The number of hydrogen-bond donors (Lipinski definition) is 1. The maximum Gasteiger partial charge on any atom is 0.230 e. The summed E-state index contributed by atoms with van der Waals surface area (Å²) in [5, 5.41) is 17.0. The van der Waals surface area contributed by atoms with E-state index in [0.29, 0.717) is 17.2 Å². The first kappa shape index (κ1) is 17.0. The Bertz CT molecular complexity index is 1070. The highest BCUT2D eigenvalue weighted by molar-refractivity contribution is 7.13. The summed E-state index contributed by atoms with van der Waals surface area (Å²) >= 11 is 1.47. The van der Waals surface area contributed by atoms with Crippen molar-refractivity contribution in [1.82, 2.24) is 30.2 Å². The van der Waals surface area contributed by atoms with Crippen LogP contribution in [0, 0.1) is 6.92 Å². The van der Waals surface area contributed by atoms with Crippen molar-refractivity contribution in [2.45, 2.75) is 13.3 Å². The number of amides is 1. The van der Waals surface area contributed by atoms with E-state index in [1.54, 1.807) is 10.9 Å². The molecule has 0 aliphatic rings. The molecule has 1 N–H and O–H groups in total. The quantitative estimate of drug-likeness (QED) is 0.574. The molecule has 0 spiro atoms. The Morgan fingerprint density at radius 1 is 1.22 bits per heavy atom. The van der Waals surface area contributed by atoms with Gasteiger partial charge < -0.3 is 5.32 Å². The lowest BCUT2D eigenvalue weighted by Gasteiger charge is -2.07. The van der Waals surface area contributed by atoms with Crippen LogP contribution in [-0.4, -0.2) is 36.1 Å². The summed E-state index contributed by atoms with van der Waals surface area (Å²) in [7, 11) is 0. The van der Waals surface area contributed by atoms with Crippen LogP contribution in [0.15, 0.2) is 54.0 Å². The number of nitrogens with zero attached hydrogens (tertiary/aromatic N) is 6. The van der Waals surface area contributed by atoms with Crippen LogP contribution in [0.25, 0.3) is 16.4 Å². The van der Waals surface area contributed by atoms with Crippen molar-refractivity contribution in [3.8, 4) is 16.4 Å². The number of benzene rings is 1. The standard InChI is InChI=1S/C18H15N7OS/c1-12-22-23-24-25(12)15-6-4-5-13(9-15)20-17(26)10-14-11-27-18(21-14)16-7-2-3-8-19-16/h2-9,11H,10H2,1H3,(H,20,26). The lowest BCUT2D eigenvalue weighted by Crippen LogP contribution is -2.15. The predicted octanol–water partition coefficient (Wildman–Crippen LogP) is 2.67. The number of tetrazole rings is 1. The minimum absolute atomic E-state index is 0.140. The highest BCUT2D eigenvalue weighted by atomic mass is 32.1. The molecule has 134 valence electrons. The fourth-order valence-corrected chi connectivity index (χ4v) is 3.35. The molecule has 0 saturated heterocycles. The molecule has 0 aliphatic carbocycles. The number of anilines is 1. The zero-order valence-corrected chi connectivity index (χ0v) is 15.2. The second-order valence-electron chi connectivity index (χ2n) is 5.77. The third-order valence-electron chi connectivity index (χ3n) is 3.78. The Morgan fingerprint density at radius 2 is 2.15 bits per heavy atom. The van der Waals surface area contributed by atoms with Crippen molar-refractivity contribution < 1.29 is 4.79 Å². The van der Waals surface area contributed by atoms with Gasteiger partial charge >= 0.3 is 0 Å². The predicted molar refractivity (Wildman–Crippen MR) is 102 cm³/mol. The fourth-order valence-electron chi connectivity index (χ4n) is 2.55. The molecule has 0 unspecified atom stereocenters. The van der Waals surface area contributed by atoms with Crippen LogP contribution in [0.4, 0.5) is 5.69 Å². The monoisotopic (exact) mass is 377 g/mol. The minimum atomic E-state index is -0.140. The van der Waals surface area contributed by atoms with E-state index >= 15 is 0 Å². The summed E-state index contributed by atoms with van der Waals surface area (Å²) < 4.78 is 1.61. The Labute approximate surface area is 158 Å². The van der Waals surface area contributed by atoms with E-state index in [4.69, 9.17) is 0 Å². The lowest BCUT2D eigenvalue weighted by atomic mass is 10.2. The van der Waals surface area contributed by atoms with E-state index in [2.05, 4.69) is 30.8 Å². The molecule has 0 aliphatic heterocycles. The van der Waals surface area contributed by atoms with Gasteiger partial charge in [0.15, 0.2) is 5.82 Å². The van der Waals surface area contributed by atoms with Gasteiger partial charge in [-0.15, -0.1) is 16.4 Å². The van der Waals surface area contributed by atoms with Gasteiger partial charge in [-0.25, -0.2) is 4.98 Å². The third-order valence-corrected chi connectivity index (χ3v) is 4.69. The van der Waals surface area contributed by atoms with Crippen LogP contribution in [0.5, 0.6) is 0 Å². The molecule has 0 fully saturated rings. The summed E-state index contributed by atoms with van der Waals surface area (Å²) in [6.45, 7) is 1.81. The van der Waals surface area contributed by atoms with Gasteiger partial charge in [-0.2, -0.15) is 4.68 Å². The smallest absolute Gasteiger partial charge is 0.230 e. The number of aromatic nitrogens is 6. The van der Waals surface area contributed by atoms with Crippen LogP contribution in [0.1, 0.15) is 11.5 Å². The number of pyridine rings is 1. The molecule has 0 saturated carbocycles. The van der Waals surface area contributed by atoms with Crippen LogP contribution in [0.2, 0.25) is 0 Å². The van der Waals surface area contributed by atoms with Crippen LogP contribution < -0.4 is 5.32 Å². The first-order valence-corrected chi connectivity index (χ1v) is 9.08. The normalized spacial score (nSPS) is 10.7. The topological polar surface area (TPSA) is 98.5 Å². The molecule has 1 aromatic carbocycles. The van der Waals surface area contributed by atoms with Crippen molar-refractivity contribution >= 4 is 22.9 Å². The largest absolute Gasteiger partial charge is 0.326 e. The van der Waals surface area contributed by atoms with E-state index in [1.807, 2.05) is 54.8 Å². The Balaban J connectivity index is 1.44. The van der Waals surface area contributed by atoms with Gasteiger partial charge in [-0.1, -0.05) is 12.1 Å². The van der Waals surface area contributed by atoms with Gasteiger partial charge in [-0.3, -0.25) is 9.78 Å². The van der Waals surface area contributed by atoms with Gasteiger partial charge in [0, 0.05) is 17.3 Å². The van der Waals surface area contributed by atoms with Crippen LogP contribution >= 0.6 is 11.3 Å². The number of rotatable bonds is 5. The average Bonchev–Trinajstić information content (AvgIpc) is 3.31. The molecule has 1 amide bonds. The third kappa shape index (κ3) is 3.87. The molecule has 27 heavy (non-hydrogen) atoms. The molecule has 0 radical (unpaired) electrons. The Kier molecular flexibility index (Phi) is 4.67. The van der Waals surface area contributed by atoms with Gasteiger partial charge in [-0.05, 0) is 47.7 Å². The second kappa shape index (κ2) is 7.42. The lowest BCUT2D eigenvalue weighted by molar-refractivity contribution is -0.115.